The Balaban J connectivity index is 2.10. The molecule has 0 aliphatic carbocycles. The molecule has 2 nitrogen and oxygen atoms in total. The van der Waals surface area contributed by atoms with Crippen LogP contribution in [-0.4, -0.2) is 11.0 Å². The van der Waals surface area contributed by atoms with E-state index in [1.165, 1.54) is 10.5 Å². The molecule has 0 saturated heterocycles. The Morgan fingerprint density at radius 3 is 2.88 bits per heavy atom. The van der Waals surface area contributed by atoms with Gasteiger partial charge in [0.2, 0.25) is 0 Å². The number of nitrogens with one attached hydrogen (secondary N) is 1. The molecule has 2 rings (SSSR count). The van der Waals surface area contributed by atoms with Gasteiger partial charge in [0.15, 0.2) is 4.34 Å². The van der Waals surface area contributed by atoms with E-state index < -0.39 is 0 Å². The highest BCUT2D eigenvalue weighted by Crippen LogP contribution is 2.31. The molecule has 0 aliphatic heterocycles. The molecule has 1 N–H and O–H groups in total. The number of hydrogen-bond acceptors (Lipinski definition) is 4. The molecule has 0 atom stereocenters. The highest BCUT2D eigenvalue weighted by molar-refractivity contribution is 8.01. The zero-order chi connectivity index (χ0) is 12.1. The van der Waals surface area contributed by atoms with Gasteiger partial charge in [0.25, 0.3) is 0 Å². The lowest BCUT2D eigenvalue weighted by Crippen LogP contribution is -2.22. The Morgan fingerprint density at radius 1 is 1.35 bits per heavy atom. The van der Waals surface area contributed by atoms with Crippen molar-refractivity contribution in [2.75, 3.05) is 0 Å². The molecule has 2 aromatic rings. The minimum Gasteiger partial charge on any atom is -0.310 e. The molecule has 1 aromatic heterocycles. The molecule has 0 radical (unpaired) electrons. The van der Waals surface area contributed by atoms with Gasteiger partial charge in [-0.2, -0.15) is 0 Å². The molecule has 4 heteroatoms. The number of nitrogens with zero attached hydrogens (tertiary/aromatic N) is 1. The topological polar surface area (TPSA) is 24.9 Å². The second-order valence-corrected chi connectivity index (χ2v) is 6.23. The first-order valence-electron chi connectivity index (χ1n) is 5.64. The van der Waals surface area contributed by atoms with Gasteiger partial charge >= 0.3 is 0 Å². The van der Waals surface area contributed by atoms with Crippen LogP contribution in [0.25, 0.3) is 0 Å². The summed E-state index contributed by atoms with van der Waals surface area (Å²) in [6.07, 6.45) is 1.85. The molecule has 1 aromatic carbocycles. The molecule has 0 aliphatic rings. The summed E-state index contributed by atoms with van der Waals surface area (Å²) in [5.74, 6) is 0. The van der Waals surface area contributed by atoms with E-state index in [1.54, 1.807) is 23.1 Å². The summed E-state index contributed by atoms with van der Waals surface area (Å²) in [6, 6.07) is 9.00. The SMILES string of the molecule is CC(C)NCc1ccccc1Sc1nccs1. The maximum absolute atomic E-state index is 4.31. The minimum absolute atomic E-state index is 0.507. The van der Waals surface area contributed by atoms with Gasteiger partial charge < -0.3 is 5.32 Å². The van der Waals surface area contributed by atoms with Crippen LogP contribution in [0.3, 0.4) is 0 Å². The van der Waals surface area contributed by atoms with Crippen molar-refractivity contribution in [3.8, 4) is 0 Å². The second kappa shape index (κ2) is 6.19. The molecule has 90 valence electrons. The number of benzene rings is 1. The van der Waals surface area contributed by atoms with Crippen molar-refractivity contribution in [3.63, 3.8) is 0 Å². The van der Waals surface area contributed by atoms with Gasteiger partial charge in [0.1, 0.15) is 0 Å². The third-order valence-corrected chi connectivity index (χ3v) is 4.28. The largest absolute Gasteiger partial charge is 0.310 e. The molecule has 0 fully saturated rings. The Labute approximate surface area is 110 Å². The van der Waals surface area contributed by atoms with Gasteiger partial charge in [-0.15, -0.1) is 11.3 Å². The first-order valence-corrected chi connectivity index (χ1v) is 7.34. The molecule has 0 saturated carbocycles. The lowest BCUT2D eigenvalue weighted by atomic mass is 10.2. The van der Waals surface area contributed by atoms with Crippen molar-refractivity contribution in [3.05, 3.63) is 41.4 Å². The van der Waals surface area contributed by atoms with E-state index in [0.29, 0.717) is 6.04 Å². The van der Waals surface area contributed by atoms with Crippen molar-refractivity contribution in [2.24, 2.45) is 0 Å². The smallest absolute Gasteiger partial charge is 0.154 e. The van der Waals surface area contributed by atoms with Crippen molar-refractivity contribution in [2.45, 2.75) is 35.7 Å². The molecule has 17 heavy (non-hydrogen) atoms. The van der Waals surface area contributed by atoms with E-state index in [-0.39, 0.29) is 0 Å². The fourth-order valence-corrected chi connectivity index (χ4v) is 3.13. The summed E-state index contributed by atoms with van der Waals surface area (Å²) in [5, 5.41) is 5.46. The average molecular weight is 264 g/mol. The zero-order valence-corrected chi connectivity index (χ0v) is 11.6. The predicted octanol–water partition coefficient (Wildman–Crippen LogP) is 3.79. The van der Waals surface area contributed by atoms with E-state index in [2.05, 4.69) is 48.4 Å². The highest BCUT2D eigenvalue weighted by Gasteiger charge is 2.05. The van der Waals surface area contributed by atoms with Crippen molar-refractivity contribution in [1.82, 2.24) is 10.3 Å². The number of hydrogen-bond donors (Lipinski definition) is 1. The molecular formula is C13H16N2S2. The third-order valence-electron chi connectivity index (χ3n) is 2.28. The Bertz CT molecular complexity index is 452. The lowest BCUT2D eigenvalue weighted by Gasteiger charge is -2.11. The summed E-state index contributed by atoms with van der Waals surface area (Å²) in [7, 11) is 0. The van der Waals surface area contributed by atoms with E-state index in [4.69, 9.17) is 0 Å². The first-order chi connectivity index (χ1) is 8.25. The van der Waals surface area contributed by atoms with Gasteiger partial charge in [-0.1, -0.05) is 43.8 Å². The van der Waals surface area contributed by atoms with E-state index in [9.17, 15) is 0 Å². The summed E-state index contributed by atoms with van der Waals surface area (Å²) < 4.78 is 1.10. The summed E-state index contributed by atoms with van der Waals surface area (Å²) in [6.45, 7) is 5.24. The van der Waals surface area contributed by atoms with Crippen LogP contribution in [0.2, 0.25) is 0 Å². The maximum atomic E-state index is 4.31. The van der Waals surface area contributed by atoms with Gasteiger partial charge in [0.05, 0.1) is 0 Å². The summed E-state index contributed by atoms with van der Waals surface area (Å²) in [4.78, 5) is 5.60. The van der Waals surface area contributed by atoms with Crippen LogP contribution in [0.1, 0.15) is 19.4 Å². The molecule has 0 bridgehead atoms. The van der Waals surface area contributed by atoms with Crippen LogP contribution in [0.4, 0.5) is 0 Å². The first kappa shape index (κ1) is 12.6. The van der Waals surface area contributed by atoms with Crippen LogP contribution in [0.5, 0.6) is 0 Å². The summed E-state index contributed by atoms with van der Waals surface area (Å²) in [5.41, 5.74) is 1.33. The summed E-state index contributed by atoms with van der Waals surface area (Å²) >= 11 is 3.42. The minimum atomic E-state index is 0.507. The van der Waals surface area contributed by atoms with Gasteiger partial charge in [-0.25, -0.2) is 4.98 Å². The second-order valence-electron chi connectivity index (χ2n) is 4.04. The normalized spacial score (nSPS) is 11.0. The standard InChI is InChI=1S/C13H16N2S2/c1-10(2)15-9-11-5-3-4-6-12(11)17-13-14-7-8-16-13/h3-8,10,15H,9H2,1-2H3. The quantitative estimate of drug-likeness (QED) is 0.889. The van der Waals surface area contributed by atoms with Crippen LogP contribution >= 0.6 is 23.1 Å². The molecular weight excluding hydrogens is 248 g/mol. The molecule has 0 spiro atoms. The number of rotatable bonds is 5. The monoisotopic (exact) mass is 264 g/mol. The molecule has 1 heterocycles. The Kier molecular flexibility index (Phi) is 4.59. The number of thiazole rings is 1. The van der Waals surface area contributed by atoms with Crippen molar-refractivity contribution >= 4 is 23.1 Å². The Morgan fingerprint density at radius 2 is 2.18 bits per heavy atom. The third kappa shape index (κ3) is 3.84. The van der Waals surface area contributed by atoms with Crippen molar-refractivity contribution < 1.29 is 0 Å². The number of aromatic nitrogens is 1. The van der Waals surface area contributed by atoms with E-state index >= 15 is 0 Å². The zero-order valence-electron chi connectivity index (χ0n) is 10.0. The fraction of sp³-hybridized carbons (Fsp3) is 0.308. The van der Waals surface area contributed by atoms with Crippen LogP contribution in [0.15, 0.2) is 45.1 Å². The average Bonchev–Trinajstić information content (AvgIpc) is 2.80. The van der Waals surface area contributed by atoms with Gasteiger partial charge in [0, 0.05) is 29.1 Å². The maximum Gasteiger partial charge on any atom is 0.154 e. The van der Waals surface area contributed by atoms with E-state index in [0.717, 1.165) is 10.9 Å². The molecule has 0 unspecified atom stereocenters. The predicted molar refractivity (Wildman–Crippen MR) is 74.7 cm³/mol. The lowest BCUT2D eigenvalue weighted by molar-refractivity contribution is 0.585. The van der Waals surface area contributed by atoms with Crippen LogP contribution < -0.4 is 5.32 Å². The van der Waals surface area contributed by atoms with Crippen molar-refractivity contribution in [1.29, 1.82) is 0 Å². The van der Waals surface area contributed by atoms with Crippen LogP contribution in [0, 0.1) is 0 Å². The molecule has 0 amide bonds. The van der Waals surface area contributed by atoms with Crippen LogP contribution in [-0.2, 0) is 6.54 Å². The fourth-order valence-electron chi connectivity index (χ4n) is 1.42. The Hall–Kier alpha value is -0.840. The van der Waals surface area contributed by atoms with Gasteiger partial charge in [-0.3, -0.25) is 0 Å². The van der Waals surface area contributed by atoms with E-state index in [1.807, 2.05) is 11.6 Å². The highest BCUT2D eigenvalue weighted by atomic mass is 32.2. The van der Waals surface area contributed by atoms with Gasteiger partial charge in [-0.05, 0) is 11.6 Å².